The molecule has 31 heavy (non-hydrogen) atoms. The molecular formula is C24H27N3O3S. The van der Waals surface area contributed by atoms with Crippen molar-refractivity contribution in [2.75, 3.05) is 6.54 Å². The van der Waals surface area contributed by atoms with Crippen LogP contribution in [0.15, 0.2) is 60.1 Å². The largest absolute Gasteiger partial charge is 0.480 e. The number of carboxylic acids is 1. The third-order valence-corrected chi connectivity index (χ3v) is 6.12. The second-order valence-corrected chi connectivity index (χ2v) is 8.76. The van der Waals surface area contributed by atoms with Gasteiger partial charge < -0.3 is 16.2 Å². The van der Waals surface area contributed by atoms with Crippen molar-refractivity contribution in [3.8, 4) is 10.6 Å². The number of carbonyl (C=O) groups is 2. The van der Waals surface area contributed by atoms with Crippen molar-refractivity contribution in [1.82, 2.24) is 10.3 Å². The zero-order valence-corrected chi connectivity index (χ0v) is 18.4. The Morgan fingerprint density at radius 2 is 1.77 bits per heavy atom. The van der Waals surface area contributed by atoms with Gasteiger partial charge in [-0.15, -0.1) is 11.3 Å². The van der Waals surface area contributed by atoms with Gasteiger partial charge in [0, 0.05) is 35.2 Å². The van der Waals surface area contributed by atoms with Crippen LogP contribution >= 0.6 is 11.3 Å². The van der Waals surface area contributed by atoms with Crippen molar-refractivity contribution in [1.29, 1.82) is 0 Å². The first-order valence-electron chi connectivity index (χ1n) is 10.2. The number of hydrogen-bond donors (Lipinski definition) is 3. The van der Waals surface area contributed by atoms with E-state index < -0.39 is 12.0 Å². The molecule has 2 atom stereocenters. The van der Waals surface area contributed by atoms with Crippen molar-refractivity contribution >= 4 is 23.2 Å². The zero-order chi connectivity index (χ0) is 22.4. The Kier molecular flexibility index (Phi) is 7.55. The molecule has 162 valence electrons. The number of rotatable bonds is 9. The quantitative estimate of drug-likeness (QED) is 0.470. The molecule has 0 bridgehead atoms. The van der Waals surface area contributed by atoms with Gasteiger partial charge >= 0.3 is 5.97 Å². The summed E-state index contributed by atoms with van der Waals surface area (Å²) in [5, 5.41) is 14.9. The van der Waals surface area contributed by atoms with Crippen LogP contribution < -0.4 is 11.1 Å². The molecule has 1 aromatic heterocycles. The van der Waals surface area contributed by atoms with Gasteiger partial charge in [0.05, 0.1) is 0 Å². The first kappa shape index (κ1) is 22.7. The molecule has 0 saturated carbocycles. The monoisotopic (exact) mass is 437 g/mol. The number of nitrogens with zero attached hydrogens (tertiary/aromatic N) is 1. The lowest BCUT2D eigenvalue weighted by Crippen LogP contribution is -2.32. The summed E-state index contributed by atoms with van der Waals surface area (Å²) in [7, 11) is 0. The number of thiazole rings is 1. The third kappa shape index (κ3) is 5.99. The van der Waals surface area contributed by atoms with E-state index in [4.69, 9.17) is 10.8 Å². The Balaban J connectivity index is 1.62. The minimum Gasteiger partial charge on any atom is -0.480 e. The topological polar surface area (TPSA) is 105 Å². The molecule has 0 fully saturated rings. The van der Waals surface area contributed by atoms with Crippen LogP contribution in [0.2, 0.25) is 0 Å². The van der Waals surface area contributed by atoms with Crippen LogP contribution in [0.1, 0.15) is 41.3 Å². The first-order valence-corrected chi connectivity index (χ1v) is 11.1. The lowest BCUT2D eigenvalue weighted by atomic mass is 9.88. The number of amides is 1. The van der Waals surface area contributed by atoms with E-state index in [9.17, 15) is 9.59 Å². The number of carbonyl (C=O) groups excluding carboxylic acids is 1. The molecule has 4 N–H and O–H groups in total. The molecule has 1 heterocycles. The van der Waals surface area contributed by atoms with E-state index in [0.29, 0.717) is 18.0 Å². The Labute approximate surface area is 186 Å². The van der Waals surface area contributed by atoms with Crippen LogP contribution in [0.3, 0.4) is 0 Å². The average molecular weight is 438 g/mol. The SMILES string of the molecule is CC(C)C(CNC(=O)c1ccc(CC(N)C(=O)O)cc1)c1ccc(-c2nccs2)cc1. The maximum absolute atomic E-state index is 12.6. The van der Waals surface area contributed by atoms with E-state index in [1.54, 1.807) is 41.8 Å². The molecule has 3 aromatic rings. The molecule has 7 heteroatoms. The fraction of sp³-hybridized carbons (Fsp3) is 0.292. The molecule has 2 unspecified atom stereocenters. The highest BCUT2D eigenvalue weighted by atomic mass is 32.1. The summed E-state index contributed by atoms with van der Waals surface area (Å²) in [5.74, 6) is -0.659. The van der Waals surface area contributed by atoms with Gasteiger partial charge in [0.2, 0.25) is 0 Å². The van der Waals surface area contributed by atoms with Crippen molar-refractivity contribution < 1.29 is 14.7 Å². The van der Waals surface area contributed by atoms with Crippen LogP contribution in [0.4, 0.5) is 0 Å². The minimum absolute atomic E-state index is 0.154. The molecular weight excluding hydrogens is 410 g/mol. The van der Waals surface area contributed by atoms with Gasteiger partial charge in [-0.3, -0.25) is 9.59 Å². The average Bonchev–Trinajstić information content (AvgIpc) is 3.29. The fourth-order valence-electron chi connectivity index (χ4n) is 3.42. The zero-order valence-electron chi connectivity index (χ0n) is 17.6. The number of nitrogens with two attached hydrogens (primary N) is 1. The van der Waals surface area contributed by atoms with Crippen molar-refractivity contribution in [3.05, 3.63) is 76.8 Å². The summed E-state index contributed by atoms with van der Waals surface area (Å²) < 4.78 is 0. The van der Waals surface area contributed by atoms with E-state index >= 15 is 0 Å². The standard InChI is InChI=1S/C24H27N3O3S/c1-15(2)20(17-7-9-19(10-8-17)23-26-11-12-31-23)14-27-22(28)18-5-3-16(4-6-18)13-21(25)24(29)30/h3-12,15,20-21H,13-14,25H2,1-2H3,(H,27,28)(H,29,30). The van der Waals surface area contributed by atoms with E-state index in [-0.39, 0.29) is 18.2 Å². The van der Waals surface area contributed by atoms with Crippen molar-refractivity contribution in [2.24, 2.45) is 11.7 Å². The fourth-order valence-corrected chi connectivity index (χ4v) is 4.06. The van der Waals surface area contributed by atoms with E-state index in [1.165, 1.54) is 5.56 Å². The van der Waals surface area contributed by atoms with Crippen LogP contribution in [0.25, 0.3) is 10.6 Å². The molecule has 0 radical (unpaired) electrons. The number of aromatic nitrogens is 1. The molecule has 0 aliphatic rings. The number of benzene rings is 2. The van der Waals surface area contributed by atoms with Gasteiger partial charge in [-0.1, -0.05) is 50.2 Å². The summed E-state index contributed by atoms with van der Waals surface area (Å²) in [6, 6.07) is 14.3. The van der Waals surface area contributed by atoms with Gasteiger partial charge in [-0.05, 0) is 35.6 Å². The number of hydrogen-bond acceptors (Lipinski definition) is 5. The van der Waals surface area contributed by atoms with E-state index in [0.717, 1.165) is 16.1 Å². The second-order valence-electron chi connectivity index (χ2n) is 7.87. The van der Waals surface area contributed by atoms with Gasteiger partial charge in [0.25, 0.3) is 5.91 Å². The smallest absolute Gasteiger partial charge is 0.320 e. The highest BCUT2D eigenvalue weighted by Crippen LogP contribution is 2.28. The normalized spacial score (nSPS) is 13.0. The maximum atomic E-state index is 12.6. The Morgan fingerprint density at radius 3 is 2.32 bits per heavy atom. The molecule has 0 saturated heterocycles. The summed E-state index contributed by atoms with van der Waals surface area (Å²) in [6.45, 7) is 4.82. The minimum atomic E-state index is -1.04. The highest BCUT2D eigenvalue weighted by Gasteiger charge is 2.18. The summed E-state index contributed by atoms with van der Waals surface area (Å²) in [5.41, 5.74) is 9.15. The van der Waals surface area contributed by atoms with E-state index in [2.05, 4.69) is 48.4 Å². The second kappa shape index (κ2) is 10.3. The number of carboxylic acid groups (broad SMARTS) is 1. The Morgan fingerprint density at radius 1 is 1.10 bits per heavy atom. The van der Waals surface area contributed by atoms with Gasteiger partial charge in [-0.2, -0.15) is 0 Å². The van der Waals surface area contributed by atoms with Crippen LogP contribution in [-0.4, -0.2) is 34.6 Å². The van der Waals surface area contributed by atoms with Crippen LogP contribution in [0, 0.1) is 5.92 Å². The summed E-state index contributed by atoms with van der Waals surface area (Å²) in [6.07, 6.45) is 2.02. The van der Waals surface area contributed by atoms with Gasteiger partial charge in [-0.25, -0.2) is 4.98 Å². The Hall–Kier alpha value is -3.03. The van der Waals surface area contributed by atoms with E-state index in [1.807, 2.05) is 5.38 Å². The Bertz CT molecular complexity index is 1000. The lowest BCUT2D eigenvalue weighted by Gasteiger charge is -2.22. The van der Waals surface area contributed by atoms with Crippen molar-refractivity contribution in [3.63, 3.8) is 0 Å². The molecule has 6 nitrogen and oxygen atoms in total. The van der Waals surface area contributed by atoms with Crippen LogP contribution in [-0.2, 0) is 11.2 Å². The number of nitrogens with one attached hydrogen (secondary N) is 1. The molecule has 0 spiro atoms. The molecule has 2 aromatic carbocycles. The maximum Gasteiger partial charge on any atom is 0.320 e. The molecule has 3 rings (SSSR count). The van der Waals surface area contributed by atoms with Gasteiger partial charge in [0.15, 0.2) is 0 Å². The molecule has 0 aliphatic carbocycles. The lowest BCUT2D eigenvalue weighted by molar-refractivity contribution is -0.138. The summed E-state index contributed by atoms with van der Waals surface area (Å²) in [4.78, 5) is 27.8. The van der Waals surface area contributed by atoms with Gasteiger partial charge in [0.1, 0.15) is 11.0 Å². The predicted octanol–water partition coefficient (Wildman–Crippen LogP) is 3.93. The predicted molar refractivity (Wildman–Crippen MR) is 123 cm³/mol. The summed E-state index contributed by atoms with van der Waals surface area (Å²) >= 11 is 1.61. The molecule has 1 amide bonds. The molecule has 0 aliphatic heterocycles. The first-order chi connectivity index (χ1) is 14.8. The van der Waals surface area contributed by atoms with Crippen molar-refractivity contribution in [2.45, 2.75) is 32.2 Å². The van der Waals surface area contributed by atoms with Crippen LogP contribution in [0.5, 0.6) is 0 Å². The number of aliphatic carboxylic acids is 1. The third-order valence-electron chi connectivity index (χ3n) is 5.29. The highest BCUT2D eigenvalue weighted by molar-refractivity contribution is 7.13.